The van der Waals surface area contributed by atoms with E-state index in [4.69, 9.17) is 13.0 Å². The minimum absolute atomic E-state index is 0.262. The molecule has 0 bridgehead atoms. The van der Waals surface area contributed by atoms with E-state index in [1.807, 2.05) is 0 Å². The van der Waals surface area contributed by atoms with Crippen LogP contribution in [0.4, 0.5) is 57.1 Å². The van der Waals surface area contributed by atoms with Gasteiger partial charge in [-0.2, -0.15) is 13.2 Å². The molecule has 0 saturated carbocycles. The van der Waals surface area contributed by atoms with Gasteiger partial charge in [-0.15, -0.1) is 0 Å². The van der Waals surface area contributed by atoms with Crippen LogP contribution in [0.5, 0.6) is 0 Å². The molecule has 0 N–H and O–H groups in total. The van der Waals surface area contributed by atoms with Crippen LogP contribution in [0.2, 0.25) is 0 Å². The fourth-order valence-electron chi connectivity index (χ4n) is 3.83. The summed E-state index contributed by atoms with van der Waals surface area (Å²) < 4.78 is 202. The zero-order valence-corrected chi connectivity index (χ0v) is 22.4. The Hall–Kier alpha value is -2.11. The van der Waals surface area contributed by atoms with Gasteiger partial charge in [-0.1, -0.05) is 0 Å². The predicted molar refractivity (Wildman–Crippen MR) is 120 cm³/mol. The molecule has 0 saturated heterocycles. The van der Waals surface area contributed by atoms with Gasteiger partial charge in [0.15, 0.2) is 68.3 Å². The lowest BCUT2D eigenvalue weighted by Crippen LogP contribution is -2.60. The van der Waals surface area contributed by atoms with Gasteiger partial charge in [-0.3, -0.25) is 0 Å². The molecule has 2 aromatic carbocycles. The van der Waals surface area contributed by atoms with E-state index in [9.17, 15) is 57.1 Å². The Morgan fingerprint density at radius 3 is 1.00 bits per heavy atom. The lowest BCUT2D eigenvalue weighted by molar-refractivity contribution is -0.0517. The van der Waals surface area contributed by atoms with Crippen LogP contribution in [0.25, 0.3) is 0 Å². The molecule has 0 aliphatic heterocycles. The molecule has 0 aliphatic carbocycles. The second kappa shape index (κ2) is 12.8. The first-order chi connectivity index (χ1) is 18.1. The third-order valence-corrected chi connectivity index (χ3v) is 11.8. The van der Waals surface area contributed by atoms with E-state index in [1.165, 1.54) is 0 Å². The highest BCUT2D eigenvalue weighted by atomic mass is 32.2. The lowest BCUT2D eigenvalue weighted by atomic mass is 9.50. The summed E-state index contributed by atoms with van der Waals surface area (Å²) in [5.41, 5.74) is -9.05. The van der Waals surface area contributed by atoms with Crippen molar-refractivity contribution in [2.24, 2.45) is 0 Å². The quantitative estimate of drug-likeness (QED) is 0.0798. The van der Waals surface area contributed by atoms with Crippen LogP contribution >= 0.6 is 7.41 Å². The SMILES string of the molecule is CC[P+](CC)(CC)N(C)B(c1c(F)c(F)c(F)c(F)c1F)c1c(F)c(F)c(F)c(F)c1F.O=S(=O)([O-])C(F)(F)F. The summed E-state index contributed by atoms with van der Waals surface area (Å²) in [5.74, 6) is -24.4. The van der Waals surface area contributed by atoms with Crippen molar-refractivity contribution in [2.75, 3.05) is 25.5 Å². The molecule has 0 aromatic heterocycles. The first-order valence-electron chi connectivity index (χ1n) is 10.7. The second-order valence-electron chi connectivity index (χ2n) is 7.89. The van der Waals surface area contributed by atoms with Gasteiger partial charge in [0.1, 0.15) is 0 Å². The number of nitrogens with zero attached hydrogens (tertiary/aromatic N) is 1. The van der Waals surface area contributed by atoms with Crippen LogP contribution < -0.4 is 10.9 Å². The molecule has 20 heteroatoms. The average Bonchev–Trinajstić information content (AvgIpc) is 2.88. The maximum Gasteiger partial charge on any atom is 0.485 e. The number of alkyl halides is 3. The summed E-state index contributed by atoms with van der Waals surface area (Å²) in [5, 5.41) is 0. The predicted octanol–water partition coefficient (Wildman–Crippen LogP) is 5.16. The Morgan fingerprint density at radius 2 is 0.825 bits per heavy atom. The summed E-state index contributed by atoms with van der Waals surface area (Å²) in [6.07, 6.45) is 0.785. The van der Waals surface area contributed by atoms with Gasteiger partial charge in [0.05, 0.1) is 25.9 Å². The fraction of sp³-hybridized carbons (Fsp3) is 0.400. The minimum atomic E-state index is -6.09. The molecule has 0 spiro atoms. The third-order valence-electron chi connectivity index (χ3n) is 6.13. The number of hydrogen-bond acceptors (Lipinski definition) is 4. The van der Waals surface area contributed by atoms with E-state index < -0.39 is 99.0 Å². The van der Waals surface area contributed by atoms with E-state index in [1.54, 1.807) is 20.8 Å². The molecule has 0 amide bonds. The zero-order valence-electron chi connectivity index (χ0n) is 20.6. The molecule has 0 unspecified atom stereocenters. The smallest absolute Gasteiger partial charge is 0.485 e. The van der Waals surface area contributed by atoms with Crippen molar-refractivity contribution >= 4 is 35.3 Å². The minimum Gasteiger partial charge on any atom is -0.741 e. The summed E-state index contributed by atoms with van der Waals surface area (Å²) in [4.78, 5) is 0. The molecule has 226 valence electrons. The molecule has 0 fully saturated rings. The fourth-order valence-corrected chi connectivity index (χ4v) is 7.23. The number of hydrogen-bond donors (Lipinski definition) is 0. The van der Waals surface area contributed by atoms with Crippen molar-refractivity contribution in [3.8, 4) is 0 Å². The zero-order chi connectivity index (χ0) is 31.7. The maximum atomic E-state index is 14.7. The van der Waals surface area contributed by atoms with Crippen molar-refractivity contribution in [2.45, 2.75) is 26.3 Å². The molecule has 0 radical (unpaired) electrons. The molecule has 0 atom stereocenters. The lowest BCUT2D eigenvalue weighted by Gasteiger charge is -2.37. The molecule has 40 heavy (non-hydrogen) atoms. The van der Waals surface area contributed by atoms with Crippen molar-refractivity contribution in [3.05, 3.63) is 58.2 Å². The van der Waals surface area contributed by atoms with Crippen molar-refractivity contribution in [1.82, 2.24) is 4.58 Å². The Bertz CT molecular complexity index is 1240. The van der Waals surface area contributed by atoms with E-state index in [0.29, 0.717) is 0 Å². The Balaban J connectivity index is 0.000000869. The number of halogens is 13. The molecule has 2 rings (SSSR count). The first kappa shape index (κ1) is 35.9. The largest absolute Gasteiger partial charge is 0.741 e. The van der Waals surface area contributed by atoms with Crippen LogP contribution in [0.3, 0.4) is 0 Å². The molecule has 4 nitrogen and oxygen atoms in total. The van der Waals surface area contributed by atoms with E-state index >= 15 is 0 Å². The second-order valence-corrected chi connectivity index (χ2v) is 14.0. The van der Waals surface area contributed by atoms with E-state index in [-0.39, 0.29) is 18.5 Å². The normalized spacial score (nSPS) is 12.5. The summed E-state index contributed by atoms with van der Waals surface area (Å²) in [7, 11) is -7.58. The van der Waals surface area contributed by atoms with Crippen molar-refractivity contribution in [3.63, 3.8) is 0 Å². The standard InChI is InChI=1S/C19H18BF10NP.CHF3O3S/c1-5-32(6-2,7-3)31(4)20(8-10(21)14(25)18(29)15(26)11(8)22)9-12(23)16(27)19(30)17(28)13(9)24;2-1(3,4)8(5,6)7/h5-7H2,1-4H3;(H,5,6,7)/q+1;/p-1. The monoisotopic (exact) mass is 641 g/mol. The third kappa shape index (κ3) is 6.52. The summed E-state index contributed by atoms with van der Waals surface area (Å²) in [6.45, 7) is 2.40. The van der Waals surface area contributed by atoms with Crippen LogP contribution in [0, 0.1) is 58.2 Å². The molecule has 0 aliphatic rings. The van der Waals surface area contributed by atoms with Gasteiger partial charge in [0, 0.05) is 18.0 Å². The summed E-state index contributed by atoms with van der Waals surface area (Å²) in [6, 6.07) is 0. The Morgan fingerprint density at radius 1 is 0.625 bits per heavy atom. The van der Waals surface area contributed by atoms with E-state index in [2.05, 4.69) is 0 Å². The highest BCUT2D eigenvalue weighted by Crippen LogP contribution is 2.60. The molecular weight excluding hydrogens is 623 g/mol. The van der Waals surface area contributed by atoms with Crippen LogP contribution in [0.1, 0.15) is 20.8 Å². The molecular formula is C20H18BF13NO3PS. The highest BCUT2D eigenvalue weighted by Gasteiger charge is 2.50. The Labute approximate surface area is 220 Å². The van der Waals surface area contributed by atoms with Crippen LogP contribution in [-0.2, 0) is 10.1 Å². The van der Waals surface area contributed by atoms with Gasteiger partial charge < -0.3 is 4.55 Å². The number of rotatable bonds is 7. The van der Waals surface area contributed by atoms with Crippen LogP contribution in [0.15, 0.2) is 0 Å². The van der Waals surface area contributed by atoms with Gasteiger partial charge in [0.2, 0.25) is 0 Å². The topological polar surface area (TPSA) is 60.4 Å². The first-order valence-corrected chi connectivity index (χ1v) is 14.4. The summed E-state index contributed by atoms with van der Waals surface area (Å²) >= 11 is 0. The Kier molecular flexibility index (Phi) is 11.5. The highest BCUT2D eigenvalue weighted by molar-refractivity contribution is 7.86. The van der Waals surface area contributed by atoms with Gasteiger partial charge >= 0.3 is 12.4 Å². The molecule has 2 aromatic rings. The van der Waals surface area contributed by atoms with Gasteiger partial charge in [-0.25, -0.2) is 56.9 Å². The van der Waals surface area contributed by atoms with Crippen molar-refractivity contribution < 1.29 is 70.0 Å². The van der Waals surface area contributed by atoms with Gasteiger partial charge in [0.25, 0.3) is 0 Å². The average molecular weight is 641 g/mol. The number of benzene rings is 2. The van der Waals surface area contributed by atoms with E-state index in [0.717, 1.165) is 11.6 Å². The van der Waals surface area contributed by atoms with Crippen LogP contribution in [-0.4, -0.2) is 55.4 Å². The van der Waals surface area contributed by atoms with Gasteiger partial charge in [-0.05, 0) is 20.8 Å². The maximum absolute atomic E-state index is 14.7. The van der Waals surface area contributed by atoms with Crippen molar-refractivity contribution in [1.29, 1.82) is 0 Å². The molecule has 0 heterocycles.